The lowest BCUT2D eigenvalue weighted by Crippen LogP contribution is -2.31. The Hall–Kier alpha value is -0.0800. The molecule has 3 aliphatic carbocycles. The van der Waals surface area contributed by atoms with Crippen molar-refractivity contribution in [2.45, 2.75) is 32.1 Å². The SMILES string of the molecule is C1CCN(CCNCC2C3C4CCC(C4)C23)C1. The van der Waals surface area contributed by atoms with E-state index >= 15 is 0 Å². The Kier molecular flexibility index (Phi) is 2.69. The number of likely N-dealkylation sites (tertiary alicyclic amines) is 1. The second kappa shape index (κ2) is 4.24. The Bertz CT molecular complexity index is 269. The molecule has 1 heterocycles. The van der Waals surface area contributed by atoms with Gasteiger partial charge in [-0.05, 0) is 81.3 Å². The van der Waals surface area contributed by atoms with E-state index in [4.69, 9.17) is 0 Å². The number of hydrogen-bond acceptors (Lipinski definition) is 2. The van der Waals surface area contributed by atoms with Gasteiger partial charge in [-0.15, -0.1) is 0 Å². The van der Waals surface area contributed by atoms with Gasteiger partial charge in [-0.3, -0.25) is 0 Å². The second-order valence-corrected chi connectivity index (χ2v) is 6.90. The van der Waals surface area contributed by atoms with Crippen molar-refractivity contribution in [1.29, 1.82) is 0 Å². The third-order valence-corrected chi connectivity index (χ3v) is 6.08. The molecule has 96 valence electrons. The van der Waals surface area contributed by atoms with Gasteiger partial charge in [0.05, 0.1) is 0 Å². The van der Waals surface area contributed by atoms with E-state index < -0.39 is 0 Å². The van der Waals surface area contributed by atoms with E-state index in [1.807, 2.05) is 0 Å². The van der Waals surface area contributed by atoms with Gasteiger partial charge in [0.2, 0.25) is 0 Å². The monoisotopic (exact) mass is 234 g/mol. The summed E-state index contributed by atoms with van der Waals surface area (Å²) in [4.78, 5) is 2.62. The Labute approximate surface area is 105 Å². The Morgan fingerprint density at radius 1 is 1.00 bits per heavy atom. The number of hydrogen-bond donors (Lipinski definition) is 1. The molecule has 4 fully saturated rings. The standard InChI is InChI=1S/C15H26N2/c1-2-7-17(6-1)8-5-16-10-13-14-11-3-4-12(9-11)15(13)14/h11-16H,1-10H2. The van der Waals surface area contributed by atoms with Gasteiger partial charge in [-0.2, -0.15) is 0 Å². The molecule has 0 spiro atoms. The molecule has 0 aromatic carbocycles. The maximum Gasteiger partial charge on any atom is 0.0107 e. The molecule has 1 saturated heterocycles. The van der Waals surface area contributed by atoms with Crippen molar-refractivity contribution < 1.29 is 0 Å². The zero-order chi connectivity index (χ0) is 11.2. The van der Waals surface area contributed by atoms with Gasteiger partial charge in [0.25, 0.3) is 0 Å². The molecule has 2 nitrogen and oxygen atoms in total. The van der Waals surface area contributed by atoms with Crippen LogP contribution in [0.5, 0.6) is 0 Å². The summed E-state index contributed by atoms with van der Waals surface area (Å²) in [6, 6.07) is 0. The maximum absolute atomic E-state index is 3.73. The van der Waals surface area contributed by atoms with Gasteiger partial charge in [0.1, 0.15) is 0 Å². The van der Waals surface area contributed by atoms with E-state index in [9.17, 15) is 0 Å². The molecule has 4 aliphatic rings. The summed E-state index contributed by atoms with van der Waals surface area (Å²) in [6.45, 7) is 6.54. The van der Waals surface area contributed by atoms with Crippen molar-refractivity contribution in [3.8, 4) is 0 Å². The summed E-state index contributed by atoms with van der Waals surface area (Å²) in [7, 11) is 0. The minimum absolute atomic E-state index is 1.08. The molecule has 1 N–H and O–H groups in total. The number of fused-ring (bicyclic) bond motifs is 5. The smallest absolute Gasteiger partial charge is 0.0107 e. The van der Waals surface area contributed by atoms with Gasteiger partial charge in [0, 0.05) is 13.1 Å². The predicted molar refractivity (Wildman–Crippen MR) is 69.8 cm³/mol. The highest BCUT2D eigenvalue weighted by Crippen LogP contribution is 2.69. The van der Waals surface area contributed by atoms with Crippen LogP contribution >= 0.6 is 0 Å². The molecule has 0 aromatic heterocycles. The molecule has 1 aliphatic heterocycles. The summed E-state index contributed by atoms with van der Waals surface area (Å²) < 4.78 is 0. The highest BCUT2D eigenvalue weighted by molar-refractivity contribution is 5.13. The average Bonchev–Trinajstić information content (AvgIpc) is 2.83. The summed E-state index contributed by atoms with van der Waals surface area (Å²) in [6.07, 6.45) is 7.58. The quantitative estimate of drug-likeness (QED) is 0.732. The lowest BCUT2D eigenvalue weighted by molar-refractivity contribution is 0.331. The molecule has 4 atom stereocenters. The van der Waals surface area contributed by atoms with Crippen LogP contribution in [0.4, 0.5) is 0 Å². The molecule has 0 amide bonds. The molecule has 4 rings (SSSR count). The normalized spacial score (nSPS) is 47.6. The molecule has 2 heteroatoms. The zero-order valence-corrected chi connectivity index (χ0v) is 10.9. The van der Waals surface area contributed by atoms with Crippen LogP contribution in [-0.2, 0) is 0 Å². The average molecular weight is 234 g/mol. The fraction of sp³-hybridized carbons (Fsp3) is 1.00. The fourth-order valence-electron chi connectivity index (χ4n) is 5.29. The Morgan fingerprint density at radius 2 is 1.71 bits per heavy atom. The van der Waals surface area contributed by atoms with E-state index in [0.717, 1.165) is 29.6 Å². The molecule has 17 heavy (non-hydrogen) atoms. The van der Waals surface area contributed by atoms with Crippen LogP contribution in [0.15, 0.2) is 0 Å². The summed E-state index contributed by atoms with van der Waals surface area (Å²) in [5.41, 5.74) is 0. The topological polar surface area (TPSA) is 15.3 Å². The van der Waals surface area contributed by atoms with Crippen LogP contribution in [0.25, 0.3) is 0 Å². The van der Waals surface area contributed by atoms with Crippen molar-refractivity contribution in [2.75, 3.05) is 32.7 Å². The van der Waals surface area contributed by atoms with Gasteiger partial charge in [-0.25, -0.2) is 0 Å². The van der Waals surface area contributed by atoms with E-state index in [0.29, 0.717) is 0 Å². The van der Waals surface area contributed by atoms with Crippen LogP contribution in [-0.4, -0.2) is 37.6 Å². The highest BCUT2D eigenvalue weighted by atomic mass is 15.1. The first-order valence-corrected chi connectivity index (χ1v) is 7.86. The predicted octanol–water partition coefficient (Wildman–Crippen LogP) is 1.96. The Balaban J connectivity index is 1.16. The fourth-order valence-corrected chi connectivity index (χ4v) is 5.29. The summed E-state index contributed by atoms with van der Waals surface area (Å²) >= 11 is 0. The van der Waals surface area contributed by atoms with Gasteiger partial charge in [-0.1, -0.05) is 0 Å². The molecular weight excluding hydrogens is 208 g/mol. The summed E-state index contributed by atoms with van der Waals surface area (Å²) in [5.74, 6) is 5.70. The molecule has 3 saturated carbocycles. The first-order chi connectivity index (χ1) is 8.43. The number of nitrogens with one attached hydrogen (secondary N) is 1. The first-order valence-electron chi connectivity index (χ1n) is 7.86. The van der Waals surface area contributed by atoms with E-state index in [2.05, 4.69) is 10.2 Å². The highest BCUT2D eigenvalue weighted by Gasteiger charge is 2.64. The third-order valence-electron chi connectivity index (χ3n) is 6.08. The lowest BCUT2D eigenvalue weighted by Gasteiger charge is -2.15. The zero-order valence-electron chi connectivity index (χ0n) is 10.9. The minimum Gasteiger partial charge on any atom is -0.315 e. The van der Waals surface area contributed by atoms with E-state index in [1.165, 1.54) is 45.6 Å². The van der Waals surface area contributed by atoms with Gasteiger partial charge in [0.15, 0.2) is 0 Å². The van der Waals surface area contributed by atoms with Crippen molar-refractivity contribution >= 4 is 0 Å². The van der Waals surface area contributed by atoms with Crippen molar-refractivity contribution in [2.24, 2.45) is 29.6 Å². The number of rotatable bonds is 5. The minimum atomic E-state index is 1.08. The van der Waals surface area contributed by atoms with Gasteiger partial charge < -0.3 is 10.2 Å². The van der Waals surface area contributed by atoms with E-state index in [1.54, 1.807) is 19.3 Å². The van der Waals surface area contributed by atoms with E-state index in [-0.39, 0.29) is 0 Å². The van der Waals surface area contributed by atoms with Crippen LogP contribution in [0, 0.1) is 29.6 Å². The van der Waals surface area contributed by atoms with Crippen molar-refractivity contribution in [3.05, 3.63) is 0 Å². The van der Waals surface area contributed by atoms with Gasteiger partial charge >= 0.3 is 0 Å². The van der Waals surface area contributed by atoms with Crippen molar-refractivity contribution in [3.63, 3.8) is 0 Å². The third kappa shape index (κ3) is 1.84. The Morgan fingerprint density at radius 3 is 2.41 bits per heavy atom. The molecular formula is C15H26N2. The van der Waals surface area contributed by atoms with Crippen LogP contribution in [0.2, 0.25) is 0 Å². The van der Waals surface area contributed by atoms with Crippen LogP contribution in [0.1, 0.15) is 32.1 Å². The first kappa shape index (κ1) is 10.8. The second-order valence-electron chi connectivity index (χ2n) is 6.90. The number of nitrogens with zero attached hydrogens (tertiary/aromatic N) is 1. The summed E-state index contributed by atoms with van der Waals surface area (Å²) in [5, 5.41) is 3.73. The van der Waals surface area contributed by atoms with Crippen molar-refractivity contribution in [1.82, 2.24) is 10.2 Å². The lowest BCUT2D eigenvalue weighted by atomic mass is 10.0. The largest absolute Gasteiger partial charge is 0.315 e. The molecule has 4 unspecified atom stereocenters. The van der Waals surface area contributed by atoms with Crippen LogP contribution < -0.4 is 5.32 Å². The molecule has 2 bridgehead atoms. The molecule has 0 aromatic rings. The molecule has 0 radical (unpaired) electrons. The van der Waals surface area contributed by atoms with Crippen LogP contribution in [0.3, 0.4) is 0 Å². The maximum atomic E-state index is 3.73.